The number of thioether (sulfide) groups is 1. The number of hydrogen-bond acceptors (Lipinski definition) is 7. The van der Waals surface area contributed by atoms with Gasteiger partial charge in [0, 0.05) is 11.4 Å². The lowest BCUT2D eigenvalue weighted by atomic mass is 10.1. The second-order valence-electron chi connectivity index (χ2n) is 6.00. The molecule has 0 fully saturated rings. The van der Waals surface area contributed by atoms with E-state index < -0.39 is 11.9 Å². The third-order valence-electron chi connectivity index (χ3n) is 3.83. The highest BCUT2D eigenvalue weighted by atomic mass is 32.2. The minimum atomic E-state index is -0.741. The lowest BCUT2D eigenvalue weighted by Gasteiger charge is -2.11. The topological polar surface area (TPSA) is 67.3 Å². The highest BCUT2D eigenvalue weighted by Gasteiger charge is 2.11. The highest BCUT2D eigenvalue weighted by Crippen LogP contribution is 2.28. The molecule has 0 radical (unpaired) electrons. The molecule has 0 saturated heterocycles. The van der Waals surface area contributed by atoms with Crippen molar-refractivity contribution in [3.63, 3.8) is 0 Å². The fraction of sp³-hybridized carbons (Fsp3) is 0.263. The van der Waals surface area contributed by atoms with Crippen molar-refractivity contribution in [2.75, 3.05) is 17.7 Å². The molecule has 2 N–H and O–H groups in total. The number of para-hydroxylation sites is 1. The lowest BCUT2D eigenvalue weighted by molar-refractivity contribution is 0.123. The first kappa shape index (κ1) is 19.6. The van der Waals surface area contributed by atoms with E-state index in [2.05, 4.69) is 41.5 Å². The minimum Gasteiger partial charge on any atom is -0.488 e. The van der Waals surface area contributed by atoms with Crippen LogP contribution in [0.2, 0.25) is 0 Å². The van der Waals surface area contributed by atoms with E-state index in [1.807, 2.05) is 6.07 Å². The Morgan fingerprint density at radius 1 is 1.19 bits per heavy atom. The average Bonchev–Trinajstić information content (AvgIpc) is 3.10. The van der Waals surface area contributed by atoms with Crippen LogP contribution in [0.1, 0.15) is 11.1 Å². The zero-order valence-corrected chi connectivity index (χ0v) is 16.6. The Bertz CT molecular complexity index is 904. The summed E-state index contributed by atoms with van der Waals surface area (Å²) in [4.78, 5) is 0. The number of hydrogen-bond donors (Lipinski definition) is 2. The molecule has 0 spiro atoms. The highest BCUT2D eigenvalue weighted by molar-refractivity contribution is 8.01. The summed E-state index contributed by atoms with van der Waals surface area (Å²) in [6, 6.07) is 12.2. The van der Waals surface area contributed by atoms with E-state index in [0.717, 1.165) is 10.0 Å². The van der Waals surface area contributed by atoms with Gasteiger partial charge >= 0.3 is 0 Å². The number of nitrogens with one attached hydrogen (secondary N) is 1. The number of anilines is 2. The van der Waals surface area contributed by atoms with Crippen molar-refractivity contribution in [2.45, 2.75) is 24.3 Å². The standard InChI is InChI=1S/C19H20FN3O2S2/c1-12-7-8-14(9-13(12)2)21-18-22-23-19(27-18)26-11-15(24)10-25-17-6-4-3-5-16(17)20/h3-9,15,24H,10-11H2,1-2H3,(H,21,22)/t15-/m0/s1. The van der Waals surface area contributed by atoms with Gasteiger partial charge in [0.05, 0.1) is 6.10 Å². The smallest absolute Gasteiger partial charge is 0.210 e. The largest absolute Gasteiger partial charge is 0.488 e. The molecule has 2 aromatic carbocycles. The van der Waals surface area contributed by atoms with Gasteiger partial charge in [-0.25, -0.2) is 4.39 Å². The third-order valence-corrected chi connectivity index (χ3v) is 5.95. The normalized spacial score (nSPS) is 12.0. The van der Waals surface area contributed by atoms with Crippen molar-refractivity contribution in [2.24, 2.45) is 0 Å². The molecular formula is C19H20FN3O2S2. The molecule has 0 aliphatic carbocycles. The molecule has 0 bridgehead atoms. The molecule has 8 heteroatoms. The van der Waals surface area contributed by atoms with E-state index in [1.54, 1.807) is 12.1 Å². The molecule has 1 heterocycles. The van der Waals surface area contributed by atoms with Crippen LogP contribution in [-0.2, 0) is 0 Å². The molecule has 1 aromatic heterocycles. The van der Waals surface area contributed by atoms with Crippen LogP contribution in [0.15, 0.2) is 46.8 Å². The summed E-state index contributed by atoms with van der Waals surface area (Å²) < 4.78 is 19.5. The predicted octanol–water partition coefficient (Wildman–Crippen LogP) is 4.57. The molecule has 5 nitrogen and oxygen atoms in total. The van der Waals surface area contributed by atoms with Crippen LogP contribution < -0.4 is 10.1 Å². The Morgan fingerprint density at radius 2 is 2.00 bits per heavy atom. The molecule has 0 aliphatic rings. The summed E-state index contributed by atoms with van der Waals surface area (Å²) in [7, 11) is 0. The van der Waals surface area contributed by atoms with Crippen molar-refractivity contribution in [3.8, 4) is 5.75 Å². The maximum absolute atomic E-state index is 13.5. The second kappa shape index (κ2) is 9.16. The van der Waals surface area contributed by atoms with Crippen molar-refractivity contribution in [1.29, 1.82) is 0 Å². The van der Waals surface area contributed by atoms with E-state index in [9.17, 15) is 9.50 Å². The fourth-order valence-corrected chi connectivity index (χ4v) is 3.93. The summed E-state index contributed by atoms with van der Waals surface area (Å²) in [5.74, 6) is 0.0769. The van der Waals surface area contributed by atoms with E-state index >= 15 is 0 Å². The fourth-order valence-electron chi connectivity index (χ4n) is 2.22. The molecule has 27 heavy (non-hydrogen) atoms. The van der Waals surface area contributed by atoms with E-state index in [-0.39, 0.29) is 12.4 Å². The molecule has 3 rings (SSSR count). The first-order valence-electron chi connectivity index (χ1n) is 8.37. The molecule has 0 unspecified atom stereocenters. The van der Waals surface area contributed by atoms with Gasteiger partial charge in [0.15, 0.2) is 15.9 Å². The van der Waals surface area contributed by atoms with Gasteiger partial charge in [-0.15, -0.1) is 10.2 Å². The van der Waals surface area contributed by atoms with Crippen LogP contribution in [-0.4, -0.2) is 33.8 Å². The van der Waals surface area contributed by atoms with E-state index in [0.29, 0.717) is 10.9 Å². The maximum atomic E-state index is 13.5. The maximum Gasteiger partial charge on any atom is 0.210 e. The van der Waals surface area contributed by atoms with Gasteiger partial charge in [-0.2, -0.15) is 0 Å². The van der Waals surface area contributed by atoms with Crippen LogP contribution in [0.25, 0.3) is 0 Å². The lowest BCUT2D eigenvalue weighted by Crippen LogP contribution is -2.20. The summed E-state index contributed by atoms with van der Waals surface area (Å²) in [6.07, 6.45) is -0.741. The first-order chi connectivity index (χ1) is 13.0. The summed E-state index contributed by atoms with van der Waals surface area (Å²) in [5, 5.41) is 22.2. The first-order valence-corrected chi connectivity index (χ1v) is 10.2. The molecule has 0 saturated carbocycles. The monoisotopic (exact) mass is 405 g/mol. The van der Waals surface area contributed by atoms with Crippen LogP contribution in [0.3, 0.4) is 0 Å². The quantitative estimate of drug-likeness (QED) is 0.535. The number of halogens is 1. The minimum absolute atomic E-state index is 0.0144. The molecule has 142 valence electrons. The van der Waals surface area contributed by atoms with Crippen molar-refractivity contribution >= 4 is 33.9 Å². The van der Waals surface area contributed by atoms with Crippen LogP contribution in [0, 0.1) is 19.7 Å². The number of benzene rings is 2. The number of aliphatic hydroxyl groups excluding tert-OH is 1. The van der Waals surface area contributed by atoms with Crippen molar-refractivity contribution in [3.05, 3.63) is 59.4 Å². The van der Waals surface area contributed by atoms with Crippen LogP contribution in [0.5, 0.6) is 5.75 Å². The SMILES string of the molecule is Cc1ccc(Nc2nnc(SC[C@@H](O)COc3ccccc3F)s2)cc1C. The Morgan fingerprint density at radius 3 is 2.78 bits per heavy atom. The van der Waals surface area contributed by atoms with E-state index in [4.69, 9.17) is 4.74 Å². The van der Waals surface area contributed by atoms with Gasteiger partial charge in [0.1, 0.15) is 6.61 Å². The summed E-state index contributed by atoms with van der Waals surface area (Å²) in [5.41, 5.74) is 3.40. The third kappa shape index (κ3) is 5.66. The van der Waals surface area contributed by atoms with Crippen LogP contribution in [0.4, 0.5) is 15.2 Å². The predicted molar refractivity (Wildman–Crippen MR) is 108 cm³/mol. The van der Waals surface area contributed by atoms with Crippen molar-refractivity contribution < 1.29 is 14.2 Å². The second-order valence-corrected chi connectivity index (χ2v) is 8.25. The average molecular weight is 406 g/mol. The number of ether oxygens (including phenoxy) is 1. The Hall–Kier alpha value is -2.16. The van der Waals surface area contributed by atoms with Gasteiger partial charge in [0.25, 0.3) is 0 Å². The molecular weight excluding hydrogens is 385 g/mol. The number of aliphatic hydroxyl groups is 1. The Balaban J connectivity index is 1.47. The van der Waals surface area contributed by atoms with Gasteiger partial charge < -0.3 is 15.2 Å². The van der Waals surface area contributed by atoms with Gasteiger partial charge in [0.2, 0.25) is 5.13 Å². The summed E-state index contributed by atoms with van der Waals surface area (Å²) >= 11 is 2.80. The van der Waals surface area contributed by atoms with Gasteiger partial charge in [-0.05, 0) is 49.2 Å². The number of nitrogens with zero attached hydrogens (tertiary/aromatic N) is 2. The molecule has 0 aliphatic heterocycles. The zero-order valence-electron chi connectivity index (χ0n) is 15.0. The molecule has 3 aromatic rings. The Labute approximate surface area is 165 Å². The van der Waals surface area contributed by atoms with Crippen molar-refractivity contribution in [1.82, 2.24) is 10.2 Å². The molecule has 1 atom stereocenters. The molecule has 0 amide bonds. The zero-order chi connectivity index (χ0) is 19.2. The van der Waals surface area contributed by atoms with Gasteiger partial charge in [-0.3, -0.25) is 0 Å². The number of aromatic nitrogens is 2. The number of aryl methyl sites for hydroxylation is 2. The van der Waals surface area contributed by atoms with Gasteiger partial charge in [-0.1, -0.05) is 41.3 Å². The Kier molecular flexibility index (Phi) is 6.65. The van der Waals surface area contributed by atoms with E-state index in [1.165, 1.54) is 46.4 Å². The van der Waals surface area contributed by atoms with Crippen LogP contribution >= 0.6 is 23.1 Å². The number of rotatable bonds is 8. The summed E-state index contributed by atoms with van der Waals surface area (Å²) in [6.45, 7) is 4.15.